The van der Waals surface area contributed by atoms with Crippen LogP contribution in [0, 0.1) is 25.7 Å². The van der Waals surface area contributed by atoms with E-state index in [2.05, 4.69) is 29.4 Å². The molecule has 0 aromatic heterocycles. The predicted octanol–water partition coefficient (Wildman–Crippen LogP) is 3.96. The van der Waals surface area contributed by atoms with Crippen LogP contribution in [-0.4, -0.2) is 77.5 Å². The summed E-state index contributed by atoms with van der Waals surface area (Å²) in [6, 6.07) is 5.16. The molecule has 0 unspecified atom stereocenters. The van der Waals surface area contributed by atoms with Crippen LogP contribution >= 0.6 is 0 Å². The average Bonchev–Trinajstić information content (AvgIpc) is 3.57. The lowest BCUT2D eigenvalue weighted by atomic mass is 9.74. The van der Waals surface area contributed by atoms with Crippen LogP contribution in [0.15, 0.2) is 30.4 Å². The van der Waals surface area contributed by atoms with Crippen LogP contribution in [0.1, 0.15) is 69.9 Å². The van der Waals surface area contributed by atoms with Gasteiger partial charge in [-0.25, -0.2) is 0 Å². The fraction of sp³-hybridized carbons (Fsp3) is 0.656. The molecule has 40 heavy (non-hydrogen) atoms. The van der Waals surface area contributed by atoms with E-state index in [4.69, 9.17) is 4.74 Å². The van der Waals surface area contributed by atoms with Crippen LogP contribution in [0.3, 0.4) is 0 Å². The lowest BCUT2D eigenvalue weighted by Gasteiger charge is -2.35. The average molecular weight is 551 g/mol. The number of amides is 3. The van der Waals surface area contributed by atoms with Gasteiger partial charge in [-0.15, -0.1) is 0 Å². The Hall–Kier alpha value is -2.71. The predicted molar refractivity (Wildman–Crippen MR) is 156 cm³/mol. The third kappa shape index (κ3) is 5.32. The number of nitrogens with zero attached hydrogens (tertiary/aromatic N) is 2. The second-order valence-corrected chi connectivity index (χ2v) is 12.2. The first-order valence-electron chi connectivity index (χ1n) is 15.4. The number of fused-ring (bicyclic) bond motifs is 1. The highest BCUT2D eigenvalue weighted by Crippen LogP contribution is 2.55. The van der Waals surface area contributed by atoms with Gasteiger partial charge in [0, 0.05) is 24.8 Å². The van der Waals surface area contributed by atoms with Gasteiger partial charge >= 0.3 is 0 Å². The number of ether oxygens (including phenoxy) is 1. The van der Waals surface area contributed by atoms with Crippen molar-refractivity contribution in [1.29, 1.82) is 0 Å². The van der Waals surface area contributed by atoms with Crippen molar-refractivity contribution in [3.63, 3.8) is 0 Å². The molecule has 1 aromatic rings. The Kier molecular flexibility index (Phi) is 8.66. The molecule has 5 rings (SSSR count). The van der Waals surface area contributed by atoms with Crippen molar-refractivity contribution in [2.45, 2.75) is 96.4 Å². The Balaban J connectivity index is 1.41. The third-order valence-corrected chi connectivity index (χ3v) is 9.39. The minimum absolute atomic E-state index is 0.122. The topological polar surface area (TPSA) is 91.0 Å². The van der Waals surface area contributed by atoms with Gasteiger partial charge in [-0.05, 0) is 75.9 Å². The maximum absolute atomic E-state index is 14.2. The molecule has 3 aliphatic heterocycles. The van der Waals surface area contributed by atoms with Gasteiger partial charge in [0.05, 0.1) is 17.9 Å². The lowest BCUT2D eigenvalue weighted by Crippen LogP contribution is -2.57. The zero-order valence-corrected chi connectivity index (χ0v) is 24.6. The number of anilines is 1. The number of benzene rings is 1. The summed E-state index contributed by atoms with van der Waals surface area (Å²) in [5.74, 6) is -1.94. The Labute approximate surface area is 238 Å². The summed E-state index contributed by atoms with van der Waals surface area (Å²) in [6.45, 7) is 11.4. The molecule has 1 spiro atoms. The van der Waals surface area contributed by atoms with E-state index in [0.29, 0.717) is 18.8 Å². The molecular formula is C32H46N4O4. The molecule has 8 heteroatoms. The van der Waals surface area contributed by atoms with Crippen molar-refractivity contribution < 1.29 is 19.1 Å². The number of aryl methyl sites for hydroxylation is 2. The number of carbonyl (C=O) groups is 3. The van der Waals surface area contributed by atoms with E-state index in [1.54, 1.807) is 4.90 Å². The van der Waals surface area contributed by atoms with Crippen LogP contribution < -0.4 is 10.6 Å². The van der Waals surface area contributed by atoms with E-state index in [1.807, 2.05) is 44.2 Å². The largest absolute Gasteiger partial charge is 0.359 e. The third-order valence-electron chi connectivity index (χ3n) is 9.39. The van der Waals surface area contributed by atoms with Crippen LogP contribution in [0.5, 0.6) is 0 Å². The molecule has 1 aliphatic carbocycles. The van der Waals surface area contributed by atoms with Crippen molar-refractivity contribution in [3.05, 3.63) is 41.5 Å². The van der Waals surface area contributed by atoms with Gasteiger partial charge in [-0.2, -0.15) is 0 Å². The van der Waals surface area contributed by atoms with Gasteiger partial charge in [-0.3, -0.25) is 14.4 Å². The van der Waals surface area contributed by atoms with Crippen molar-refractivity contribution in [3.8, 4) is 0 Å². The quantitative estimate of drug-likeness (QED) is 0.407. The van der Waals surface area contributed by atoms with E-state index >= 15 is 0 Å². The second kappa shape index (κ2) is 12.0. The van der Waals surface area contributed by atoms with E-state index < -0.39 is 29.6 Å². The highest BCUT2D eigenvalue weighted by atomic mass is 16.5. The number of hydrogen-bond donors (Lipinski definition) is 2. The minimum atomic E-state index is -1.12. The smallest absolute Gasteiger partial charge is 0.246 e. The van der Waals surface area contributed by atoms with E-state index in [-0.39, 0.29) is 23.8 Å². The van der Waals surface area contributed by atoms with Crippen LogP contribution in [0.25, 0.3) is 0 Å². The lowest BCUT2D eigenvalue weighted by molar-refractivity contribution is -0.141. The van der Waals surface area contributed by atoms with Gasteiger partial charge in [0.15, 0.2) is 0 Å². The Morgan fingerprint density at radius 1 is 1.02 bits per heavy atom. The first kappa shape index (κ1) is 28.8. The molecule has 3 heterocycles. The maximum Gasteiger partial charge on any atom is 0.246 e. The second-order valence-electron chi connectivity index (χ2n) is 12.2. The number of carbonyl (C=O) groups excluding carboxylic acids is 3. The van der Waals surface area contributed by atoms with Crippen LogP contribution in [-0.2, 0) is 19.1 Å². The van der Waals surface area contributed by atoms with E-state index in [0.717, 1.165) is 62.7 Å². The van der Waals surface area contributed by atoms with Gasteiger partial charge in [0.2, 0.25) is 17.7 Å². The summed E-state index contributed by atoms with van der Waals surface area (Å²) in [6.07, 6.45) is 10.7. The zero-order valence-electron chi connectivity index (χ0n) is 24.6. The van der Waals surface area contributed by atoms with Gasteiger partial charge in [0.25, 0.3) is 0 Å². The molecule has 1 saturated carbocycles. The normalized spacial score (nSPS) is 29.3. The first-order chi connectivity index (χ1) is 19.3. The summed E-state index contributed by atoms with van der Waals surface area (Å²) in [5.41, 5.74) is 1.82. The zero-order chi connectivity index (χ0) is 28.4. The Morgan fingerprint density at radius 3 is 2.42 bits per heavy atom. The number of likely N-dealkylation sites (tertiary alicyclic amines) is 1. The minimum Gasteiger partial charge on any atom is -0.359 e. The molecular weight excluding hydrogens is 504 g/mol. The monoisotopic (exact) mass is 550 g/mol. The molecule has 2 saturated heterocycles. The maximum atomic E-state index is 14.2. The Bertz CT molecular complexity index is 1140. The molecule has 4 aliphatic rings. The molecule has 5 atom stereocenters. The molecule has 0 radical (unpaired) electrons. The molecule has 3 fully saturated rings. The number of hydrogen-bond acceptors (Lipinski definition) is 5. The summed E-state index contributed by atoms with van der Waals surface area (Å²) < 4.78 is 6.51. The van der Waals surface area contributed by atoms with Gasteiger partial charge in [-0.1, -0.05) is 51.3 Å². The Morgan fingerprint density at radius 2 is 1.75 bits per heavy atom. The molecule has 8 nitrogen and oxygen atoms in total. The molecule has 2 bridgehead atoms. The first-order valence-corrected chi connectivity index (χ1v) is 15.4. The van der Waals surface area contributed by atoms with E-state index in [1.165, 1.54) is 6.42 Å². The summed E-state index contributed by atoms with van der Waals surface area (Å²) in [4.78, 5) is 46.0. The molecule has 2 N–H and O–H groups in total. The highest BCUT2D eigenvalue weighted by Gasteiger charge is 2.72. The fourth-order valence-corrected chi connectivity index (χ4v) is 7.30. The van der Waals surface area contributed by atoms with Crippen LogP contribution in [0.2, 0.25) is 0 Å². The van der Waals surface area contributed by atoms with Crippen molar-refractivity contribution in [2.75, 3.05) is 31.5 Å². The van der Waals surface area contributed by atoms with Crippen molar-refractivity contribution >= 4 is 23.4 Å². The van der Waals surface area contributed by atoms with Gasteiger partial charge < -0.3 is 25.2 Å². The van der Waals surface area contributed by atoms with Gasteiger partial charge in [0.1, 0.15) is 11.6 Å². The number of nitrogens with one attached hydrogen (secondary N) is 2. The molecule has 3 amide bonds. The molecule has 218 valence electrons. The summed E-state index contributed by atoms with van der Waals surface area (Å²) in [7, 11) is 0. The summed E-state index contributed by atoms with van der Waals surface area (Å²) >= 11 is 0. The standard InChI is InChI=1S/C32H46N4O4/c1-5-16-35(17-6-2)18-19-36-28(30(38)33-23-10-8-7-9-11-23)32-15-14-25(40-32)26(27(32)31(36)39)29(37)34-24-13-12-21(3)22(4)20-24/h12-15,20,23,25-28H,5-11,16-19H2,1-4H3,(H,33,38)(H,34,37)/t25-,26+,27-,28+,32-/m0/s1. The van der Waals surface area contributed by atoms with Crippen LogP contribution in [0.4, 0.5) is 5.69 Å². The fourth-order valence-electron chi connectivity index (χ4n) is 7.30. The number of rotatable bonds is 11. The van der Waals surface area contributed by atoms with Crippen molar-refractivity contribution in [2.24, 2.45) is 11.8 Å². The SMILES string of the molecule is CCCN(CCC)CCN1C(=O)[C@@H]2[C@H](C(=O)Nc3ccc(C)c(C)c3)[C@@H]3C=C[C@@]2(O3)[C@H]1C(=O)NC1CCCCC1. The molecule has 1 aromatic carbocycles. The van der Waals surface area contributed by atoms with Crippen molar-refractivity contribution in [1.82, 2.24) is 15.1 Å². The summed E-state index contributed by atoms with van der Waals surface area (Å²) in [5, 5.41) is 6.32. The van der Waals surface area contributed by atoms with E-state index in [9.17, 15) is 14.4 Å². The highest BCUT2D eigenvalue weighted by molar-refractivity contribution is 6.02.